The first-order valence-corrected chi connectivity index (χ1v) is 8.30. The summed E-state index contributed by atoms with van der Waals surface area (Å²) in [6.45, 7) is 1.87. The average molecular weight is 356 g/mol. The van der Waals surface area contributed by atoms with Crippen LogP contribution in [0.5, 0.6) is 0 Å². The van der Waals surface area contributed by atoms with Gasteiger partial charge in [-0.1, -0.05) is 67.1 Å². The molecule has 1 aromatic carbocycles. The van der Waals surface area contributed by atoms with Gasteiger partial charge in [0.05, 0.1) is 4.91 Å². The highest BCUT2D eigenvalue weighted by atomic mass is 35.5. The normalized spacial score (nSPS) is 18.1. The Morgan fingerprint density at radius 2 is 2.18 bits per heavy atom. The summed E-state index contributed by atoms with van der Waals surface area (Å²) in [7, 11) is 0. The molecule has 4 nitrogen and oxygen atoms in total. The van der Waals surface area contributed by atoms with Crippen LogP contribution in [-0.4, -0.2) is 32.2 Å². The van der Waals surface area contributed by atoms with E-state index in [0.29, 0.717) is 28.3 Å². The standard InChI is InChI=1S/C15H14ClNO3S2/c1-2-5-11(14(19)20)17-13(18)12(22-15(17)21)8-9-6-3-4-7-10(9)16/h3-4,6-8,11H,2,5H2,1H3,(H,19,20). The molecule has 0 radical (unpaired) electrons. The molecule has 1 aliphatic rings. The van der Waals surface area contributed by atoms with Crippen LogP contribution < -0.4 is 0 Å². The first-order chi connectivity index (χ1) is 10.5. The fourth-order valence-electron chi connectivity index (χ4n) is 2.12. The minimum Gasteiger partial charge on any atom is -0.480 e. The molecule has 1 saturated heterocycles. The molecule has 1 heterocycles. The number of aliphatic carboxylic acids is 1. The van der Waals surface area contributed by atoms with Crippen LogP contribution in [0.15, 0.2) is 29.2 Å². The second kappa shape index (κ2) is 7.26. The zero-order valence-corrected chi connectivity index (χ0v) is 14.2. The Balaban J connectivity index is 2.32. The molecule has 1 aromatic rings. The summed E-state index contributed by atoms with van der Waals surface area (Å²) in [4.78, 5) is 25.5. The fraction of sp³-hybridized carbons (Fsp3) is 0.267. The molecule has 1 atom stereocenters. The number of halogens is 1. The van der Waals surface area contributed by atoms with Gasteiger partial charge in [0.1, 0.15) is 10.4 Å². The molecule has 116 valence electrons. The summed E-state index contributed by atoms with van der Waals surface area (Å²) in [5, 5.41) is 9.84. The average Bonchev–Trinajstić information content (AvgIpc) is 2.73. The van der Waals surface area contributed by atoms with Crippen molar-refractivity contribution in [2.45, 2.75) is 25.8 Å². The number of rotatable bonds is 5. The zero-order valence-electron chi connectivity index (χ0n) is 11.8. The van der Waals surface area contributed by atoms with Gasteiger partial charge in [-0.2, -0.15) is 0 Å². The van der Waals surface area contributed by atoms with E-state index in [1.807, 2.05) is 13.0 Å². The van der Waals surface area contributed by atoms with E-state index in [9.17, 15) is 14.7 Å². The number of nitrogens with zero attached hydrogens (tertiary/aromatic N) is 1. The van der Waals surface area contributed by atoms with Crippen LogP contribution in [0.4, 0.5) is 0 Å². The number of benzene rings is 1. The summed E-state index contributed by atoms with van der Waals surface area (Å²) >= 11 is 12.4. The minimum atomic E-state index is -1.04. The van der Waals surface area contributed by atoms with E-state index >= 15 is 0 Å². The third-order valence-corrected chi connectivity index (χ3v) is 4.85. The number of amides is 1. The van der Waals surface area contributed by atoms with Crippen LogP contribution in [0, 0.1) is 0 Å². The summed E-state index contributed by atoms with van der Waals surface area (Å²) in [5.41, 5.74) is 0.701. The van der Waals surface area contributed by atoms with E-state index < -0.39 is 12.0 Å². The Kier molecular flexibility index (Phi) is 5.61. The lowest BCUT2D eigenvalue weighted by Crippen LogP contribution is -2.43. The van der Waals surface area contributed by atoms with Crippen LogP contribution in [0.3, 0.4) is 0 Å². The molecule has 1 unspecified atom stereocenters. The number of carboxylic acids is 1. The first kappa shape index (κ1) is 17.0. The second-order valence-electron chi connectivity index (χ2n) is 4.72. The summed E-state index contributed by atoms with van der Waals surface area (Å²) in [6, 6.07) is 6.21. The molecule has 0 saturated carbocycles. The molecule has 22 heavy (non-hydrogen) atoms. The van der Waals surface area contributed by atoms with Gasteiger partial charge in [-0.3, -0.25) is 9.69 Å². The van der Waals surface area contributed by atoms with Crippen molar-refractivity contribution >= 4 is 57.9 Å². The van der Waals surface area contributed by atoms with Gasteiger partial charge in [0, 0.05) is 5.02 Å². The predicted octanol–water partition coefficient (Wildman–Crippen LogP) is 3.79. The van der Waals surface area contributed by atoms with Crippen molar-refractivity contribution in [1.29, 1.82) is 0 Å². The largest absolute Gasteiger partial charge is 0.480 e. The van der Waals surface area contributed by atoms with Crippen LogP contribution in [0.1, 0.15) is 25.3 Å². The van der Waals surface area contributed by atoms with E-state index in [2.05, 4.69) is 0 Å². The molecular weight excluding hydrogens is 342 g/mol. The summed E-state index contributed by atoms with van der Waals surface area (Å²) < 4.78 is 0.268. The van der Waals surface area contributed by atoms with Crippen LogP contribution in [0.25, 0.3) is 6.08 Å². The Bertz CT molecular complexity index is 660. The molecule has 0 spiro atoms. The highest BCUT2D eigenvalue weighted by Crippen LogP contribution is 2.35. The van der Waals surface area contributed by atoms with Crippen molar-refractivity contribution in [3.8, 4) is 0 Å². The van der Waals surface area contributed by atoms with Gasteiger partial charge in [0.2, 0.25) is 0 Å². The molecule has 0 bridgehead atoms. The molecule has 1 aliphatic heterocycles. The minimum absolute atomic E-state index is 0.268. The van der Waals surface area contributed by atoms with E-state index in [-0.39, 0.29) is 10.2 Å². The lowest BCUT2D eigenvalue weighted by molar-refractivity contribution is -0.145. The van der Waals surface area contributed by atoms with Crippen LogP contribution in [0.2, 0.25) is 5.02 Å². The van der Waals surface area contributed by atoms with Gasteiger partial charge in [-0.05, 0) is 24.1 Å². The molecule has 2 rings (SSSR count). The van der Waals surface area contributed by atoms with Crippen molar-refractivity contribution in [3.05, 3.63) is 39.8 Å². The summed E-state index contributed by atoms with van der Waals surface area (Å²) in [5.74, 6) is -1.42. The maximum Gasteiger partial charge on any atom is 0.326 e. The highest BCUT2D eigenvalue weighted by Gasteiger charge is 2.39. The Hall–Kier alpha value is -1.37. The molecule has 7 heteroatoms. The van der Waals surface area contributed by atoms with E-state index in [4.69, 9.17) is 23.8 Å². The predicted molar refractivity (Wildman–Crippen MR) is 92.8 cm³/mol. The number of carbonyl (C=O) groups is 2. The third-order valence-electron chi connectivity index (χ3n) is 3.17. The molecular formula is C15H14ClNO3S2. The van der Waals surface area contributed by atoms with Crippen molar-refractivity contribution in [1.82, 2.24) is 4.90 Å². The zero-order chi connectivity index (χ0) is 16.3. The quantitative estimate of drug-likeness (QED) is 0.643. The molecule has 1 amide bonds. The smallest absolute Gasteiger partial charge is 0.326 e. The number of thioether (sulfide) groups is 1. The van der Waals surface area contributed by atoms with Gasteiger partial charge < -0.3 is 5.11 Å². The number of carboxylic acid groups (broad SMARTS) is 1. The number of carbonyl (C=O) groups excluding carboxylic acids is 1. The Morgan fingerprint density at radius 3 is 2.77 bits per heavy atom. The van der Waals surface area contributed by atoms with E-state index in [1.54, 1.807) is 24.3 Å². The summed E-state index contributed by atoms with van der Waals surface area (Å²) in [6.07, 6.45) is 2.66. The molecule has 0 aliphatic carbocycles. The topological polar surface area (TPSA) is 57.6 Å². The lowest BCUT2D eigenvalue weighted by atomic mass is 10.1. The number of thiocarbonyl (C=S) groups is 1. The van der Waals surface area contributed by atoms with Crippen molar-refractivity contribution in [2.24, 2.45) is 0 Å². The second-order valence-corrected chi connectivity index (χ2v) is 6.80. The van der Waals surface area contributed by atoms with Gasteiger partial charge in [-0.25, -0.2) is 4.79 Å². The molecule has 1 N–H and O–H groups in total. The molecule has 1 fully saturated rings. The number of hydrogen-bond donors (Lipinski definition) is 1. The van der Waals surface area contributed by atoms with Gasteiger partial charge in [0.15, 0.2) is 0 Å². The number of hydrogen-bond acceptors (Lipinski definition) is 4. The van der Waals surface area contributed by atoms with Crippen LogP contribution in [-0.2, 0) is 9.59 Å². The Morgan fingerprint density at radius 1 is 1.50 bits per heavy atom. The fourth-order valence-corrected chi connectivity index (χ4v) is 3.66. The van der Waals surface area contributed by atoms with E-state index in [1.165, 1.54) is 4.90 Å². The monoisotopic (exact) mass is 355 g/mol. The SMILES string of the molecule is CCCC(C(=O)O)N1C(=O)C(=Cc2ccccc2Cl)SC1=S. The van der Waals surface area contributed by atoms with Crippen molar-refractivity contribution in [3.63, 3.8) is 0 Å². The van der Waals surface area contributed by atoms with Gasteiger partial charge in [0.25, 0.3) is 5.91 Å². The maximum absolute atomic E-state index is 12.5. The first-order valence-electron chi connectivity index (χ1n) is 6.70. The third kappa shape index (κ3) is 3.51. The highest BCUT2D eigenvalue weighted by molar-refractivity contribution is 8.26. The van der Waals surface area contributed by atoms with Crippen molar-refractivity contribution in [2.75, 3.05) is 0 Å². The molecule has 0 aromatic heterocycles. The van der Waals surface area contributed by atoms with Crippen molar-refractivity contribution < 1.29 is 14.7 Å². The lowest BCUT2D eigenvalue weighted by Gasteiger charge is -2.22. The van der Waals surface area contributed by atoms with Gasteiger partial charge >= 0.3 is 5.97 Å². The van der Waals surface area contributed by atoms with E-state index in [0.717, 1.165) is 11.8 Å². The maximum atomic E-state index is 12.5. The van der Waals surface area contributed by atoms with Crippen LogP contribution >= 0.6 is 35.6 Å². The van der Waals surface area contributed by atoms with Gasteiger partial charge in [-0.15, -0.1) is 0 Å². The Labute approximate surface area is 143 Å².